The molecule has 1 aromatic rings. The number of hydrogen-bond donors (Lipinski definition) is 1. The van der Waals surface area contributed by atoms with Gasteiger partial charge in [-0.15, -0.1) is 0 Å². The molecule has 0 unspecified atom stereocenters. The summed E-state index contributed by atoms with van der Waals surface area (Å²) in [6.07, 6.45) is 1.11. The van der Waals surface area contributed by atoms with E-state index in [-0.39, 0.29) is 0 Å². The van der Waals surface area contributed by atoms with E-state index in [4.69, 9.17) is 4.74 Å². The SMILES string of the molecule is CCN[C@@H](CC)COCc1ccccc1. The van der Waals surface area contributed by atoms with Gasteiger partial charge in [-0.05, 0) is 18.5 Å². The van der Waals surface area contributed by atoms with Gasteiger partial charge < -0.3 is 10.1 Å². The lowest BCUT2D eigenvalue weighted by Gasteiger charge is -2.15. The first kappa shape index (κ1) is 12.2. The number of ether oxygens (including phenoxy) is 1. The first-order valence-electron chi connectivity index (χ1n) is 5.71. The van der Waals surface area contributed by atoms with Gasteiger partial charge in [-0.2, -0.15) is 0 Å². The molecule has 0 amide bonds. The van der Waals surface area contributed by atoms with E-state index >= 15 is 0 Å². The van der Waals surface area contributed by atoms with Crippen molar-refractivity contribution in [2.24, 2.45) is 0 Å². The quantitative estimate of drug-likeness (QED) is 0.742. The molecule has 0 radical (unpaired) electrons. The molecule has 0 saturated heterocycles. The maximum Gasteiger partial charge on any atom is 0.0717 e. The molecular weight excluding hydrogens is 186 g/mol. The first-order chi connectivity index (χ1) is 7.36. The van der Waals surface area contributed by atoms with Crippen LogP contribution in [0.3, 0.4) is 0 Å². The minimum absolute atomic E-state index is 0.485. The summed E-state index contributed by atoms with van der Waals surface area (Å²) in [6.45, 7) is 6.81. The summed E-state index contributed by atoms with van der Waals surface area (Å²) in [5, 5.41) is 3.39. The molecule has 15 heavy (non-hydrogen) atoms. The monoisotopic (exact) mass is 207 g/mol. The highest BCUT2D eigenvalue weighted by Crippen LogP contribution is 2.01. The number of rotatable bonds is 7. The van der Waals surface area contributed by atoms with Gasteiger partial charge in [-0.25, -0.2) is 0 Å². The smallest absolute Gasteiger partial charge is 0.0717 e. The van der Waals surface area contributed by atoms with Crippen molar-refractivity contribution in [3.8, 4) is 0 Å². The minimum Gasteiger partial charge on any atom is -0.375 e. The van der Waals surface area contributed by atoms with Crippen LogP contribution in [0.15, 0.2) is 30.3 Å². The van der Waals surface area contributed by atoms with Gasteiger partial charge in [0.25, 0.3) is 0 Å². The van der Waals surface area contributed by atoms with Crippen molar-refractivity contribution in [2.45, 2.75) is 32.9 Å². The van der Waals surface area contributed by atoms with E-state index in [0.29, 0.717) is 12.6 Å². The molecule has 0 heterocycles. The Balaban J connectivity index is 2.20. The Morgan fingerprint density at radius 1 is 1.20 bits per heavy atom. The molecule has 0 aliphatic carbocycles. The zero-order valence-electron chi connectivity index (χ0n) is 9.70. The van der Waals surface area contributed by atoms with Crippen LogP contribution in [-0.4, -0.2) is 19.2 Å². The number of benzene rings is 1. The standard InChI is InChI=1S/C13H21NO/c1-3-13(14-4-2)11-15-10-12-8-6-5-7-9-12/h5-9,13-14H,3-4,10-11H2,1-2H3/t13-/m0/s1. The van der Waals surface area contributed by atoms with E-state index in [1.807, 2.05) is 18.2 Å². The van der Waals surface area contributed by atoms with Gasteiger partial charge in [0.2, 0.25) is 0 Å². The third kappa shape index (κ3) is 4.96. The van der Waals surface area contributed by atoms with Gasteiger partial charge >= 0.3 is 0 Å². The fraction of sp³-hybridized carbons (Fsp3) is 0.538. The molecule has 0 saturated carbocycles. The molecular formula is C13H21NO. The van der Waals surface area contributed by atoms with Crippen LogP contribution in [0.5, 0.6) is 0 Å². The molecule has 0 bridgehead atoms. The number of hydrogen-bond acceptors (Lipinski definition) is 2. The highest BCUT2D eigenvalue weighted by Gasteiger charge is 2.03. The van der Waals surface area contributed by atoms with Crippen LogP contribution < -0.4 is 5.32 Å². The van der Waals surface area contributed by atoms with Crippen molar-refractivity contribution >= 4 is 0 Å². The maximum absolute atomic E-state index is 5.66. The second kappa shape index (κ2) is 7.43. The van der Waals surface area contributed by atoms with Crippen LogP contribution in [0.1, 0.15) is 25.8 Å². The fourth-order valence-electron chi connectivity index (χ4n) is 1.50. The van der Waals surface area contributed by atoms with Gasteiger partial charge in [0, 0.05) is 6.04 Å². The lowest BCUT2D eigenvalue weighted by atomic mass is 10.2. The molecule has 2 nitrogen and oxygen atoms in total. The van der Waals surface area contributed by atoms with E-state index in [1.165, 1.54) is 5.56 Å². The highest BCUT2D eigenvalue weighted by atomic mass is 16.5. The summed E-state index contributed by atoms with van der Waals surface area (Å²) in [6, 6.07) is 10.8. The molecule has 0 aliphatic heterocycles. The molecule has 0 spiro atoms. The zero-order chi connectivity index (χ0) is 10.9. The van der Waals surface area contributed by atoms with Crippen molar-refractivity contribution < 1.29 is 4.74 Å². The zero-order valence-corrected chi connectivity index (χ0v) is 9.70. The summed E-state index contributed by atoms with van der Waals surface area (Å²) in [5.74, 6) is 0. The van der Waals surface area contributed by atoms with Crippen LogP contribution in [0, 0.1) is 0 Å². The predicted molar refractivity (Wildman–Crippen MR) is 63.9 cm³/mol. The van der Waals surface area contributed by atoms with Gasteiger partial charge in [-0.1, -0.05) is 44.2 Å². The Hall–Kier alpha value is -0.860. The second-order valence-corrected chi connectivity index (χ2v) is 3.66. The van der Waals surface area contributed by atoms with Crippen LogP contribution in [0.4, 0.5) is 0 Å². The molecule has 0 aromatic heterocycles. The van der Waals surface area contributed by atoms with Crippen LogP contribution in [0.25, 0.3) is 0 Å². The molecule has 2 heteroatoms. The summed E-state index contributed by atoms with van der Waals surface area (Å²) in [5.41, 5.74) is 1.24. The Kier molecular flexibility index (Phi) is 6.05. The molecule has 1 N–H and O–H groups in total. The van der Waals surface area contributed by atoms with Crippen LogP contribution in [-0.2, 0) is 11.3 Å². The lowest BCUT2D eigenvalue weighted by Crippen LogP contribution is -2.32. The van der Waals surface area contributed by atoms with Crippen LogP contribution >= 0.6 is 0 Å². The highest BCUT2D eigenvalue weighted by molar-refractivity contribution is 5.13. The van der Waals surface area contributed by atoms with Crippen molar-refractivity contribution in [3.63, 3.8) is 0 Å². The summed E-state index contributed by atoms with van der Waals surface area (Å²) >= 11 is 0. The average Bonchev–Trinajstić information content (AvgIpc) is 2.29. The van der Waals surface area contributed by atoms with E-state index in [1.54, 1.807) is 0 Å². The molecule has 1 aromatic carbocycles. The first-order valence-corrected chi connectivity index (χ1v) is 5.71. The Labute approximate surface area is 92.6 Å². The number of likely N-dealkylation sites (N-methyl/N-ethyl adjacent to an activating group) is 1. The Morgan fingerprint density at radius 3 is 2.53 bits per heavy atom. The van der Waals surface area contributed by atoms with E-state index in [0.717, 1.165) is 19.6 Å². The molecule has 0 aliphatic rings. The van der Waals surface area contributed by atoms with Crippen molar-refractivity contribution in [1.29, 1.82) is 0 Å². The van der Waals surface area contributed by atoms with E-state index in [9.17, 15) is 0 Å². The molecule has 84 valence electrons. The summed E-state index contributed by atoms with van der Waals surface area (Å²) < 4.78 is 5.66. The van der Waals surface area contributed by atoms with Gasteiger partial charge in [0.05, 0.1) is 13.2 Å². The Morgan fingerprint density at radius 2 is 1.93 bits per heavy atom. The summed E-state index contributed by atoms with van der Waals surface area (Å²) in [7, 11) is 0. The van der Waals surface area contributed by atoms with Crippen molar-refractivity contribution in [1.82, 2.24) is 5.32 Å². The van der Waals surface area contributed by atoms with Gasteiger partial charge in [-0.3, -0.25) is 0 Å². The lowest BCUT2D eigenvalue weighted by molar-refractivity contribution is 0.0980. The summed E-state index contributed by atoms with van der Waals surface area (Å²) in [4.78, 5) is 0. The van der Waals surface area contributed by atoms with Crippen molar-refractivity contribution in [3.05, 3.63) is 35.9 Å². The van der Waals surface area contributed by atoms with E-state index in [2.05, 4.69) is 31.3 Å². The van der Waals surface area contributed by atoms with Crippen LogP contribution in [0.2, 0.25) is 0 Å². The van der Waals surface area contributed by atoms with Gasteiger partial charge in [0.15, 0.2) is 0 Å². The average molecular weight is 207 g/mol. The topological polar surface area (TPSA) is 21.3 Å². The molecule has 1 rings (SSSR count). The normalized spacial score (nSPS) is 12.7. The molecule has 0 fully saturated rings. The second-order valence-electron chi connectivity index (χ2n) is 3.66. The van der Waals surface area contributed by atoms with Gasteiger partial charge in [0.1, 0.15) is 0 Å². The third-order valence-corrected chi connectivity index (χ3v) is 2.42. The number of nitrogens with one attached hydrogen (secondary N) is 1. The van der Waals surface area contributed by atoms with Crippen molar-refractivity contribution in [2.75, 3.05) is 13.2 Å². The van der Waals surface area contributed by atoms with E-state index < -0.39 is 0 Å². The molecule has 1 atom stereocenters. The maximum atomic E-state index is 5.66. The third-order valence-electron chi connectivity index (χ3n) is 2.42. The Bertz CT molecular complexity index is 248. The fourth-order valence-corrected chi connectivity index (χ4v) is 1.50. The largest absolute Gasteiger partial charge is 0.375 e. The minimum atomic E-state index is 0.485. The predicted octanol–water partition coefficient (Wildman–Crippen LogP) is 2.59.